The molecule has 0 N–H and O–H groups in total. The molecule has 1 saturated heterocycles. The highest BCUT2D eigenvalue weighted by atomic mass is 32.1. The largest absolute Gasteiger partial charge is 0.345 e. The summed E-state index contributed by atoms with van der Waals surface area (Å²) < 4.78 is 0. The predicted molar refractivity (Wildman–Crippen MR) is 96.4 cm³/mol. The Bertz CT molecular complexity index is 807. The van der Waals surface area contributed by atoms with Crippen molar-refractivity contribution in [1.29, 1.82) is 0 Å². The first kappa shape index (κ1) is 15.4. The standard InChI is InChI=1S/C17H20N6S/c1-12-15(19-7-6-18-12)13(2)22-8-10-23(11-9-22)17-21-14-4-3-5-20-16(14)24-17/h3-7,13H,8-11H2,1-2H3. The van der Waals surface area contributed by atoms with Crippen molar-refractivity contribution in [3.8, 4) is 0 Å². The molecule has 124 valence electrons. The fourth-order valence-corrected chi connectivity index (χ4v) is 4.16. The summed E-state index contributed by atoms with van der Waals surface area (Å²) in [6.07, 6.45) is 5.36. The highest BCUT2D eigenvalue weighted by Crippen LogP contribution is 2.29. The maximum Gasteiger partial charge on any atom is 0.188 e. The van der Waals surface area contributed by atoms with Crippen LogP contribution < -0.4 is 4.90 Å². The molecule has 1 atom stereocenters. The second-order valence-electron chi connectivity index (χ2n) is 6.05. The van der Waals surface area contributed by atoms with E-state index in [-0.39, 0.29) is 6.04 Å². The van der Waals surface area contributed by atoms with Gasteiger partial charge in [0.05, 0.1) is 17.4 Å². The third-order valence-electron chi connectivity index (χ3n) is 4.60. The van der Waals surface area contributed by atoms with Crippen LogP contribution >= 0.6 is 11.3 Å². The molecule has 1 aliphatic rings. The van der Waals surface area contributed by atoms with E-state index in [1.807, 2.05) is 25.3 Å². The molecule has 0 radical (unpaired) electrons. The Balaban J connectivity index is 1.45. The van der Waals surface area contributed by atoms with Gasteiger partial charge < -0.3 is 4.90 Å². The fourth-order valence-electron chi connectivity index (χ4n) is 3.20. The average Bonchev–Trinajstić information content (AvgIpc) is 3.06. The van der Waals surface area contributed by atoms with Gasteiger partial charge >= 0.3 is 0 Å². The molecule has 0 spiro atoms. The normalized spacial score (nSPS) is 17.3. The molecule has 7 heteroatoms. The number of rotatable bonds is 3. The van der Waals surface area contributed by atoms with E-state index in [0.29, 0.717) is 0 Å². The summed E-state index contributed by atoms with van der Waals surface area (Å²) in [5.74, 6) is 0. The number of hydrogen-bond donors (Lipinski definition) is 0. The SMILES string of the molecule is Cc1nccnc1C(C)N1CCN(c2nc3cccnc3s2)CC1. The van der Waals surface area contributed by atoms with E-state index in [9.17, 15) is 0 Å². The molecule has 0 aromatic carbocycles. The van der Waals surface area contributed by atoms with Crippen molar-refractivity contribution in [3.05, 3.63) is 42.1 Å². The van der Waals surface area contributed by atoms with Crippen molar-refractivity contribution in [1.82, 2.24) is 24.8 Å². The topological polar surface area (TPSA) is 58.0 Å². The third-order valence-corrected chi connectivity index (χ3v) is 5.64. The summed E-state index contributed by atoms with van der Waals surface area (Å²) in [6.45, 7) is 8.20. The van der Waals surface area contributed by atoms with Crippen LogP contribution in [-0.2, 0) is 0 Å². The molecule has 0 amide bonds. The van der Waals surface area contributed by atoms with Crippen LogP contribution in [0.1, 0.15) is 24.4 Å². The Labute approximate surface area is 145 Å². The number of hydrogen-bond acceptors (Lipinski definition) is 7. The zero-order chi connectivity index (χ0) is 16.5. The number of thiazole rings is 1. The van der Waals surface area contributed by atoms with E-state index in [1.54, 1.807) is 23.7 Å². The van der Waals surface area contributed by atoms with Gasteiger partial charge in [-0.25, -0.2) is 9.97 Å². The number of anilines is 1. The maximum absolute atomic E-state index is 4.72. The van der Waals surface area contributed by atoms with E-state index in [4.69, 9.17) is 4.98 Å². The molecule has 1 unspecified atom stereocenters. The van der Waals surface area contributed by atoms with E-state index >= 15 is 0 Å². The minimum atomic E-state index is 0.290. The van der Waals surface area contributed by atoms with Crippen LogP contribution in [0.15, 0.2) is 30.7 Å². The Morgan fingerprint density at radius 1 is 1.04 bits per heavy atom. The Morgan fingerprint density at radius 2 is 1.83 bits per heavy atom. The first-order valence-electron chi connectivity index (χ1n) is 8.20. The minimum absolute atomic E-state index is 0.290. The molecule has 1 fully saturated rings. The highest BCUT2D eigenvalue weighted by Gasteiger charge is 2.25. The molecule has 4 rings (SSSR count). The van der Waals surface area contributed by atoms with Crippen molar-refractivity contribution in [2.24, 2.45) is 0 Å². The molecule has 3 aromatic heterocycles. The second kappa shape index (κ2) is 6.41. The van der Waals surface area contributed by atoms with Gasteiger partial charge in [0.25, 0.3) is 0 Å². The van der Waals surface area contributed by atoms with Crippen molar-refractivity contribution < 1.29 is 0 Å². The number of nitrogens with zero attached hydrogens (tertiary/aromatic N) is 6. The van der Waals surface area contributed by atoms with Crippen molar-refractivity contribution in [2.75, 3.05) is 31.1 Å². The molecule has 0 saturated carbocycles. The average molecular weight is 340 g/mol. The van der Waals surface area contributed by atoms with Gasteiger partial charge in [0, 0.05) is 44.8 Å². The summed E-state index contributed by atoms with van der Waals surface area (Å²) in [4.78, 5) is 23.8. The van der Waals surface area contributed by atoms with Gasteiger partial charge in [0.2, 0.25) is 0 Å². The second-order valence-corrected chi connectivity index (χ2v) is 7.01. The number of aryl methyl sites for hydroxylation is 1. The number of fused-ring (bicyclic) bond motifs is 1. The predicted octanol–water partition coefficient (Wildman–Crippen LogP) is 2.67. The first-order chi connectivity index (χ1) is 11.7. The summed E-state index contributed by atoms with van der Waals surface area (Å²) in [5.41, 5.74) is 3.09. The highest BCUT2D eigenvalue weighted by molar-refractivity contribution is 7.21. The van der Waals surface area contributed by atoms with Gasteiger partial charge in [0.15, 0.2) is 5.13 Å². The Hall–Kier alpha value is -2.12. The number of piperazine rings is 1. The van der Waals surface area contributed by atoms with Crippen LogP contribution in [-0.4, -0.2) is 51.0 Å². The maximum atomic E-state index is 4.72. The third kappa shape index (κ3) is 2.85. The van der Waals surface area contributed by atoms with E-state index in [2.05, 4.69) is 31.7 Å². The zero-order valence-electron chi connectivity index (χ0n) is 13.9. The van der Waals surface area contributed by atoms with Crippen LogP contribution in [0.2, 0.25) is 0 Å². The van der Waals surface area contributed by atoms with E-state index in [0.717, 1.165) is 53.0 Å². The summed E-state index contributed by atoms with van der Waals surface area (Å²) in [5, 5.41) is 1.08. The number of aromatic nitrogens is 4. The quantitative estimate of drug-likeness (QED) is 0.731. The van der Waals surface area contributed by atoms with Crippen molar-refractivity contribution in [3.63, 3.8) is 0 Å². The zero-order valence-corrected chi connectivity index (χ0v) is 14.7. The van der Waals surface area contributed by atoms with Gasteiger partial charge in [-0.1, -0.05) is 11.3 Å². The summed E-state index contributed by atoms with van der Waals surface area (Å²) in [7, 11) is 0. The lowest BCUT2D eigenvalue weighted by Crippen LogP contribution is -2.47. The monoisotopic (exact) mass is 340 g/mol. The van der Waals surface area contributed by atoms with Gasteiger partial charge in [-0.2, -0.15) is 0 Å². The molecule has 4 heterocycles. The van der Waals surface area contributed by atoms with Crippen molar-refractivity contribution in [2.45, 2.75) is 19.9 Å². The molecule has 3 aromatic rings. The number of pyridine rings is 1. The van der Waals surface area contributed by atoms with Gasteiger partial charge in [-0.05, 0) is 26.0 Å². The lowest BCUT2D eigenvalue weighted by molar-refractivity contribution is 0.194. The van der Waals surface area contributed by atoms with Crippen LogP contribution in [0.5, 0.6) is 0 Å². The molecular formula is C17H20N6S. The molecular weight excluding hydrogens is 320 g/mol. The molecule has 6 nitrogen and oxygen atoms in total. The molecule has 24 heavy (non-hydrogen) atoms. The Kier molecular flexibility index (Phi) is 4.12. The van der Waals surface area contributed by atoms with Crippen LogP contribution in [0.25, 0.3) is 10.3 Å². The molecule has 0 bridgehead atoms. The lowest BCUT2D eigenvalue weighted by Gasteiger charge is -2.37. The molecule has 1 aliphatic heterocycles. The van der Waals surface area contributed by atoms with Crippen LogP contribution in [0.3, 0.4) is 0 Å². The van der Waals surface area contributed by atoms with Gasteiger partial charge in [-0.3, -0.25) is 14.9 Å². The van der Waals surface area contributed by atoms with Gasteiger partial charge in [-0.15, -0.1) is 0 Å². The first-order valence-corrected chi connectivity index (χ1v) is 9.02. The van der Waals surface area contributed by atoms with Crippen LogP contribution in [0.4, 0.5) is 5.13 Å². The van der Waals surface area contributed by atoms with E-state index < -0.39 is 0 Å². The summed E-state index contributed by atoms with van der Waals surface area (Å²) >= 11 is 1.68. The summed E-state index contributed by atoms with van der Waals surface area (Å²) in [6, 6.07) is 4.25. The van der Waals surface area contributed by atoms with Crippen LogP contribution in [0, 0.1) is 6.92 Å². The Morgan fingerprint density at radius 3 is 2.58 bits per heavy atom. The lowest BCUT2D eigenvalue weighted by atomic mass is 10.1. The van der Waals surface area contributed by atoms with Gasteiger partial charge in [0.1, 0.15) is 10.3 Å². The fraction of sp³-hybridized carbons (Fsp3) is 0.412. The minimum Gasteiger partial charge on any atom is -0.345 e. The van der Waals surface area contributed by atoms with Crippen molar-refractivity contribution >= 4 is 26.8 Å². The smallest absolute Gasteiger partial charge is 0.188 e. The molecule has 0 aliphatic carbocycles. The van der Waals surface area contributed by atoms with E-state index in [1.165, 1.54) is 0 Å².